The van der Waals surface area contributed by atoms with Crippen molar-refractivity contribution in [1.29, 1.82) is 0 Å². The molecule has 0 saturated carbocycles. The molecule has 0 saturated heterocycles. The number of hydrogen-bond acceptors (Lipinski definition) is 6. The molecule has 0 radical (unpaired) electrons. The standard InChI is InChI=1S/C43H31ClN4O3S2/c44-34-17-9-10-28(24-34)25-37(46-40(49)31-14-5-2-6-15-31)41(50)45-35-20-22-36(23-21-35)53-39(30-12-3-1-4-13-30)42(51)48-43-47-38(27-52-43)33-19-18-29-11-7-8-16-32(29)26-33/h1-27,39H,(H,45,50)(H,46,49)(H,47,48,51)/b37-25-. The first-order valence-electron chi connectivity index (χ1n) is 16.6. The number of fused-ring (bicyclic) bond motifs is 1. The lowest BCUT2D eigenvalue weighted by Crippen LogP contribution is -2.30. The summed E-state index contributed by atoms with van der Waals surface area (Å²) in [6, 6.07) is 46.8. The Balaban J connectivity index is 1.06. The number of amides is 3. The summed E-state index contributed by atoms with van der Waals surface area (Å²) in [4.78, 5) is 45.9. The minimum absolute atomic E-state index is 0.0475. The van der Waals surface area contributed by atoms with Crippen molar-refractivity contribution in [3.8, 4) is 11.3 Å². The summed E-state index contributed by atoms with van der Waals surface area (Å²) in [6.45, 7) is 0. The van der Waals surface area contributed by atoms with Gasteiger partial charge in [0.05, 0.1) is 5.69 Å². The molecule has 0 aliphatic carbocycles. The molecule has 1 unspecified atom stereocenters. The van der Waals surface area contributed by atoms with Crippen LogP contribution in [0.3, 0.4) is 0 Å². The van der Waals surface area contributed by atoms with Crippen LogP contribution in [-0.2, 0) is 9.59 Å². The lowest BCUT2D eigenvalue weighted by molar-refractivity contribution is -0.116. The zero-order chi connectivity index (χ0) is 36.6. The molecule has 0 aliphatic heterocycles. The molecule has 7 aromatic rings. The normalized spacial score (nSPS) is 11.8. The van der Waals surface area contributed by atoms with Crippen molar-refractivity contribution in [2.75, 3.05) is 10.6 Å². The second-order valence-electron chi connectivity index (χ2n) is 11.9. The van der Waals surface area contributed by atoms with Crippen molar-refractivity contribution >= 4 is 80.1 Å². The number of thioether (sulfide) groups is 1. The summed E-state index contributed by atoms with van der Waals surface area (Å²) in [5.41, 5.74) is 4.23. The Bertz CT molecular complexity index is 2430. The van der Waals surface area contributed by atoms with Crippen LogP contribution in [0.15, 0.2) is 168 Å². The molecule has 7 rings (SSSR count). The fraction of sp³-hybridized carbons (Fsp3) is 0.0233. The number of aromatic nitrogens is 1. The van der Waals surface area contributed by atoms with Crippen molar-refractivity contribution in [3.63, 3.8) is 0 Å². The van der Waals surface area contributed by atoms with E-state index in [1.165, 1.54) is 23.1 Å². The fourth-order valence-corrected chi connectivity index (χ4v) is 7.49. The van der Waals surface area contributed by atoms with Gasteiger partial charge in [0, 0.05) is 32.1 Å². The Morgan fingerprint density at radius 2 is 1.43 bits per heavy atom. The molecule has 3 N–H and O–H groups in total. The maximum atomic E-state index is 13.8. The van der Waals surface area contributed by atoms with Gasteiger partial charge >= 0.3 is 0 Å². The first kappa shape index (κ1) is 35.4. The molecule has 6 aromatic carbocycles. The molecule has 1 heterocycles. The molecule has 0 aliphatic rings. The molecule has 7 nitrogen and oxygen atoms in total. The van der Waals surface area contributed by atoms with E-state index < -0.39 is 17.1 Å². The van der Waals surface area contributed by atoms with Gasteiger partial charge in [-0.1, -0.05) is 109 Å². The maximum Gasteiger partial charge on any atom is 0.272 e. The predicted molar refractivity (Wildman–Crippen MR) is 217 cm³/mol. The third-order valence-corrected chi connectivity index (χ3v) is 10.4. The van der Waals surface area contributed by atoms with Gasteiger partial charge in [-0.15, -0.1) is 23.1 Å². The van der Waals surface area contributed by atoms with Gasteiger partial charge in [-0.25, -0.2) is 4.98 Å². The zero-order valence-electron chi connectivity index (χ0n) is 28.0. The molecule has 260 valence electrons. The van der Waals surface area contributed by atoms with Crippen LogP contribution in [0.5, 0.6) is 0 Å². The summed E-state index contributed by atoms with van der Waals surface area (Å²) in [7, 11) is 0. The van der Waals surface area contributed by atoms with Crippen molar-refractivity contribution in [1.82, 2.24) is 10.3 Å². The van der Waals surface area contributed by atoms with Crippen LogP contribution >= 0.6 is 34.7 Å². The third-order valence-electron chi connectivity index (χ3n) is 8.17. The minimum atomic E-state index is -0.579. The number of carbonyl (C=O) groups is 3. The maximum absolute atomic E-state index is 13.8. The topological polar surface area (TPSA) is 100 Å². The largest absolute Gasteiger partial charge is 0.321 e. The third kappa shape index (κ3) is 9.09. The predicted octanol–water partition coefficient (Wildman–Crippen LogP) is 10.5. The molecule has 53 heavy (non-hydrogen) atoms. The van der Waals surface area contributed by atoms with E-state index in [2.05, 4.69) is 40.2 Å². The molecular formula is C43H31ClN4O3S2. The van der Waals surface area contributed by atoms with E-state index in [0.29, 0.717) is 27.0 Å². The molecule has 1 aromatic heterocycles. The first-order valence-corrected chi connectivity index (χ1v) is 18.7. The summed E-state index contributed by atoms with van der Waals surface area (Å²) >= 11 is 8.95. The number of carbonyl (C=O) groups excluding carboxylic acids is 3. The molecule has 0 spiro atoms. The average Bonchev–Trinajstić information content (AvgIpc) is 3.66. The van der Waals surface area contributed by atoms with E-state index in [-0.39, 0.29) is 11.6 Å². The Morgan fingerprint density at radius 3 is 2.19 bits per heavy atom. The Labute approximate surface area is 319 Å². The van der Waals surface area contributed by atoms with E-state index in [1.807, 2.05) is 72.1 Å². The molecule has 10 heteroatoms. The number of nitrogens with zero attached hydrogens (tertiary/aromatic N) is 1. The highest BCUT2D eigenvalue weighted by atomic mass is 35.5. The van der Waals surface area contributed by atoms with Crippen LogP contribution < -0.4 is 16.0 Å². The monoisotopic (exact) mass is 750 g/mol. The second kappa shape index (κ2) is 16.6. The van der Waals surface area contributed by atoms with Crippen molar-refractivity contribution in [3.05, 3.63) is 184 Å². The van der Waals surface area contributed by atoms with E-state index in [1.54, 1.807) is 66.7 Å². The fourth-order valence-electron chi connectivity index (χ4n) is 5.54. The average molecular weight is 751 g/mol. The number of thiazole rings is 1. The van der Waals surface area contributed by atoms with Gasteiger partial charge in [0.25, 0.3) is 11.8 Å². The lowest BCUT2D eigenvalue weighted by atomic mass is 10.1. The number of benzene rings is 6. The van der Waals surface area contributed by atoms with Crippen LogP contribution in [0.4, 0.5) is 10.8 Å². The number of anilines is 2. The number of nitrogens with one attached hydrogen (secondary N) is 3. The van der Waals surface area contributed by atoms with Gasteiger partial charge in [0.1, 0.15) is 10.9 Å². The molecule has 0 fully saturated rings. The van der Waals surface area contributed by atoms with Crippen molar-refractivity contribution in [2.45, 2.75) is 10.1 Å². The lowest BCUT2D eigenvalue weighted by Gasteiger charge is -2.17. The Morgan fingerprint density at radius 1 is 0.717 bits per heavy atom. The van der Waals surface area contributed by atoms with Gasteiger partial charge < -0.3 is 16.0 Å². The van der Waals surface area contributed by atoms with Crippen molar-refractivity contribution in [2.24, 2.45) is 0 Å². The van der Waals surface area contributed by atoms with Gasteiger partial charge in [0.2, 0.25) is 5.91 Å². The van der Waals surface area contributed by atoms with Crippen LogP contribution in [0.1, 0.15) is 26.7 Å². The van der Waals surface area contributed by atoms with Gasteiger partial charge in [-0.2, -0.15) is 0 Å². The summed E-state index contributed by atoms with van der Waals surface area (Å²) in [5.74, 6) is -1.14. The van der Waals surface area contributed by atoms with Crippen LogP contribution in [0.2, 0.25) is 5.02 Å². The number of hydrogen-bond donors (Lipinski definition) is 3. The Kier molecular flexibility index (Phi) is 11.1. The van der Waals surface area contributed by atoms with E-state index in [0.717, 1.165) is 32.5 Å². The van der Waals surface area contributed by atoms with Crippen molar-refractivity contribution < 1.29 is 14.4 Å². The minimum Gasteiger partial charge on any atom is -0.321 e. The highest BCUT2D eigenvalue weighted by molar-refractivity contribution is 8.00. The quantitative estimate of drug-likeness (QED) is 0.0903. The smallest absolute Gasteiger partial charge is 0.272 e. The molecule has 3 amide bonds. The molecule has 1 atom stereocenters. The summed E-state index contributed by atoms with van der Waals surface area (Å²) in [6.07, 6.45) is 1.57. The van der Waals surface area contributed by atoms with Gasteiger partial charge in [-0.05, 0) is 82.6 Å². The van der Waals surface area contributed by atoms with Crippen LogP contribution in [0, 0.1) is 0 Å². The van der Waals surface area contributed by atoms with Crippen LogP contribution in [0.25, 0.3) is 28.1 Å². The van der Waals surface area contributed by atoms with Gasteiger partial charge in [0.15, 0.2) is 5.13 Å². The highest BCUT2D eigenvalue weighted by Crippen LogP contribution is 2.37. The first-order chi connectivity index (χ1) is 25.9. The zero-order valence-corrected chi connectivity index (χ0v) is 30.4. The van der Waals surface area contributed by atoms with E-state index in [9.17, 15) is 14.4 Å². The SMILES string of the molecule is O=C(Nc1ccc(SC(C(=O)Nc2nc(-c3ccc4ccccc4c3)cs2)c2ccccc2)cc1)/C(=C/c1cccc(Cl)c1)NC(=O)c1ccccc1. The van der Waals surface area contributed by atoms with Crippen LogP contribution in [-0.4, -0.2) is 22.7 Å². The summed E-state index contributed by atoms with van der Waals surface area (Å²) in [5, 5.41) is 13.3. The second-order valence-corrected chi connectivity index (χ2v) is 14.4. The number of halogens is 1. The highest BCUT2D eigenvalue weighted by Gasteiger charge is 2.24. The van der Waals surface area contributed by atoms with E-state index in [4.69, 9.17) is 16.6 Å². The van der Waals surface area contributed by atoms with Gasteiger partial charge in [-0.3, -0.25) is 14.4 Å². The number of rotatable bonds is 11. The van der Waals surface area contributed by atoms with E-state index >= 15 is 0 Å². The molecular weight excluding hydrogens is 720 g/mol. The Hall–Kier alpha value is -6.00. The molecule has 0 bridgehead atoms. The summed E-state index contributed by atoms with van der Waals surface area (Å²) < 4.78 is 0.